The van der Waals surface area contributed by atoms with Crippen molar-refractivity contribution in [3.8, 4) is 0 Å². The highest BCUT2D eigenvalue weighted by Crippen LogP contribution is 2.19. The van der Waals surface area contributed by atoms with E-state index >= 15 is 0 Å². The molecule has 1 aromatic heterocycles. The molecule has 2 aliphatic heterocycles. The summed E-state index contributed by atoms with van der Waals surface area (Å²) in [4.78, 5) is 14.5. The molecule has 3 heterocycles. The summed E-state index contributed by atoms with van der Waals surface area (Å²) >= 11 is 0. The minimum atomic E-state index is 0. The Labute approximate surface area is 149 Å². The number of halogens is 2. The van der Waals surface area contributed by atoms with Crippen molar-refractivity contribution < 1.29 is 4.79 Å². The van der Waals surface area contributed by atoms with Crippen LogP contribution in [0.5, 0.6) is 0 Å². The monoisotopic (exact) mass is 361 g/mol. The Morgan fingerprint density at radius 1 is 1.26 bits per heavy atom. The molecule has 0 aliphatic carbocycles. The van der Waals surface area contributed by atoms with Gasteiger partial charge in [-0.2, -0.15) is 5.10 Å². The van der Waals surface area contributed by atoms with E-state index < -0.39 is 0 Å². The number of nitrogens with zero attached hydrogens (tertiary/aromatic N) is 3. The summed E-state index contributed by atoms with van der Waals surface area (Å²) in [6, 6.07) is 4.19. The van der Waals surface area contributed by atoms with E-state index in [9.17, 15) is 4.79 Å². The van der Waals surface area contributed by atoms with Gasteiger partial charge in [-0.25, -0.2) is 0 Å². The van der Waals surface area contributed by atoms with Gasteiger partial charge < -0.3 is 15.5 Å². The first kappa shape index (κ1) is 19.9. The van der Waals surface area contributed by atoms with Gasteiger partial charge in [0, 0.05) is 31.9 Å². The SMILES string of the molecule is Cl.Cl.O=C(C1CCCNC1)N1CCC(Nc2cccnn2)CC1. The van der Waals surface area contributed by atoms with E-state index in [1.165, 1.54) is 0 Å². The minimum absolute atomic E-state index is 0. The number of hydrogen-bond donors (Lipinski definition) is 2. The van der Waals surface area contributed by atoms with E-state index in [4.69, 9.17) is 0 Å². The molecule has 23 heavy (non-hydrogen) atoms. The van der Waals surface area contributed by atoms with Crippen molar-refractivity contribution in [3.05, 3.63) is 18.3 Å². The van der Waals surface area contributed by atoms with Crippen molar-refractivity contribution in [2.45, 2.75) is 31.7 Å². The fraction of sp³-hybridized carbons (Fsp3) is 0.667. The summed E-state index contributed by atoms with van der Waals surface area (Å²) in [6.07, 6.45) is 5.76. The minimum Gasteiger partial charge on any atom is -0.366 e. The molecule has 1 unspecified atom stereocenters. The molecule has 2 saturated heterocycles. The number of hydrogen-bond acceptors (Lipinski definition) is 5. The second-order valence-corrected chi connectivity index (χ2v) is 5.90. The summed E-state index contributed by atoms with van der Waals surface area (Å²) in [5.74, 6) is 1.34. The van der Waals surface area contributed by atoms with Crippen LogP contribution < -0.4 is 10.6 Å². The van der Waals surface area contributed by atoms with Gasteiger partial charge in [0.05, 0.1) is 5.92 Å². The summed E-state index contributed by atoms with van der Waals surface area (Å²) in [6.45, 7) is 3.57. The van der Waals surface area contributed by atoms with Gasteiger partial charge in [-0.15, -0.1) is 29.9 Å². The molecule has 0 aromatic carbocycles. The Morgan fingerprint density at radius 2 is 2.04 bits per heavy atom. The van der Waals surface area contributed by atoms with Gasteiger partial charge in [0.15, 0.2) is 0 Å². The van der Waals surface area contributed by atoms with Crippen molar-refractivity contribution in [2.24, 2.45) is 5.92 Å². The highest BCUT2D eigenvalue weighted by molar-refractivity contribution is 5.85. The molecule has 2 N–H and O–H groups in total. The third-order valence-electron chi connectivity index (χ3n) is 4.38. The first-order valence-corrected chi connectivity index (χ1v) is 7.86. The van der Waals surface area contributed by atoms with Crippen LogP contribution in [0.4, 0.5) is 5.82 Å². The molecule has 8 heteroatoms. The predicted octanol–water partition coefficient (Wildman–Crippen LogP) is 1.72. The lowest BCUT2D eigenvalue weighted by atomic mass is 9.96. The third-order valence-corrected chi connectivity index (χ3v) is 4.38. The van der Waals surface area contributed by atoms with Crippen LogP contribution in [0, 0.1) is 5.92 Å². The van der Waals surface area contributed by atoms with E-state index in [1.54, 1.807) is 6.20 Å². The maximum Gasteiger partial charge on any atom is 0.226 e. The lowest BCUT2D eigenvalue weighted by Crippen LogP contribution is -2.47. The third kappa shape index (κ3) is 5.48. The van der Waals surface area contributed by atoms with Crippen LogP contribution >= 0.6 is 24.8 Å². The predicted molar refractivity (Wildman–Crippen MR) is 95.3 cm³/mol. The Kier molecular flexibility index (Phi) is 8.58. The van der Waals surface area contributed by atoms with Crippen molar-refractivity contribution in [2.75, 3.05) is 31.5 Å². The lowest BCUT2D eigenvalue weighted by molar-refractivity contribution is -0.137. The first-order valence-electron chi connectivity index (χ1n) is 7.86. The van der Waals surface area contributed by atoms with E-state index in [2.05, 4.69) is 20.8 Å². The Hall–Kier alpha value is -1.11. The number of anilines is 1. The van der Waals surface area contributed by atoms with Crippen molar-refractivity contribution in [3.63, 3.8) is 0 Å². The van der Waals surface area contributed by atoms with Gasteiger partial charge in [0.25, 0.3) is 0 Å². The Morgan fingerprint density at radius 3 is 2.65 bits per heavy atom. The van der Waals surface area contributed by atoms with Crippen LogP contribution in [0.2, 0.25) is 0 Å². The van der Waals surface area contributed by atoms with Crippen LogP contribution in [0.25, 0.3) is 0 Å². The van der Waals surface area contributed by atoms with Crippen LogP contribution in [0.15, 0.2) is 18.3 Å². The Balaban J connectivity index is 0.00000132. The molecule has 0 bridgehead atoms. The average Bonchev–Trinajstić information content (AvgIpc) is 2.57. The van der Waals surface area contributed by atoms with Crippen LogP contribution in [0.3, 0.4) is 0 Å². The van der Waals surface area contributed by atoms with E-state index in [0.717, 1.165) is 57.7 Å². The topological polar surface area (TPSA) is 70.2 Å². The standard InChI is InChI=1S/C15H23N5O.2ClH/c21-15(12-3-1-7-16-11-12)20-9-5-13(6-10-20)18-14-4-2-8-17-19-14;;/h2,4,8,12-13,16H,1,3,5-7,9-11H2,(H,18,19);2*1H. The molecule has 0 saturated carbocycles. The average molecular weight is 362 g/mol. The summed E-state index contributed by atoms with van der Waals surface area (Å²) in [7, 11) is 0. The molecule has 0 spiro atoms. The van der Waals surface area contributed by atoms with E-state index in [-0.39, 0.29) is 30.7 Å². The summed E-state index contributed by atoms with van der Waals surface area (Å²) < 4.78 is 0. The largest absolute Gasteiger partial charge is 0.366 e. The number of rotatable bonds is 3. The molecule has 3 rings (SSSR count). The second-order valence-electron chi connectivity index (χ2n) is 5.90. The van der Waals surface area contributed by atoms with Gasteiger partial charge in [-0.3, -0.25) is 4.79 Å². The zero-order chi connectivity index (χ0) is 14.5. The highest BCUT2D eigenvalue weighted by Gasteiger charge is 2.29. The number of likely N-dealkylation sites (tertiary alicyclic amines) is 1. The molecular formula is C15H25Cl2N5O. The molecule has 6 nitrogen and oxygen atoms in total. The maximum atomic E-state index is 12.5. The maximum absolute atomic E-state index is 12.5. The lowest BCUT2D eigenvalue weighted by Gasteiger charge is -2.35. The number of carbonyl (C=O) groups is 1. The van der Waals surface area contributed by atoms with Crippen LogP contribution in [-0.4, -0.2) is 53.2 Å². The van der Waals surface area contributed by atoms with Gasteiger partial charge in [0.2, 0.25) is 5.91 Å². The van der Waals surface area contributed by atoms with Crippen LogP contribution in [-0.2, 0) is 4.79 Å². The fourth-order valence-electron chi connectivity index (χ4n) is 3.15. The summed E-state index contributed by atoms with van der Waals surface area (Å²) in [5.41, 5.74) is 0. The van der Waals surface area contributed by atoms with E-state index in [0.29, 0.717) is 11.9 Å². The number of amides is 1. The van der Waals surface area contributed by atoms with Crippen molar-refractivity contribution in [1.82, 2.24) is 20.4 Å². The molecule has 1 atom stereocenters. The first-order chi connectivity index (χ1) is 10.3. The van der Waals surface area contributed by atoms with Gasteiger partial charge in [-0.05, 0) is 44.4 Å². The van der Waals surface area contributed by atoms with Gasteiger partial charge >= 0.3 is 0 Å². The van der Waals surface area contributed by atoms with Crippen LogP contribution in [0.1, 0.15) is 25.7 Å². The zero-order valence-corrected chi connectivity index (χ0v) is 14.7. The quantitative estimate of drug-likeness (QED) is 0.857. The number of carbonyl (C=O) groups excluding carboxylic acids is 1. The fourth-order valence-corrected chi connectivity index (χ4v) is 3.15. The molecular weight excluding hydrogens is 337 g/mol. The van der Waals surface area contributed by atoms with Gasteiger partial charge in [-0.1, -0.05) is 0 Å². The van der Waals surface area contributed by atoms with Crippen molar-refractivity contribution in [1.29, 1.82) is 0 Å². The number of nitrogens with one attached hydrogen (secondary N) is 2. The zero-order valence-electron chi connectivity index (χ0n) is 13.1. The number of aromatic nitrogens is 2. The molecule has 2 aliphatic rings. The van der Waals surface area contributed by atoms with Gasteiger partial charge in [0.1, 0.15) is 5.82 Å². The summed E-state index contributed by atoms with van der Waals surface area (Å²) in [5, 5.41) is 14.6. The van der Waals surface area contributed by atoms with E-state index in [1.807, 2.05) is 17.0 Å². The molecule has 130 valence electrons. The van der Waals surface area contributed by atoms with Crippen molar-refractivity contribution >= 4 is 36.5 Å². The Bertz CT molecular complexity index is 462. The molecule has 1 amide bonds. The highest BCUT2D eigenvalue weighted by atomic mass is 35.5. The molecule has 0 radical (unpaired) electrons. The normalized spacial score (nSPS) is 21.7. The smallest absolute Gasteiger partial charge is 0.226 e. The second kappa shape index (κ2) is 9.90. The molecule has 2 fully saturated rings. The number of piperidine rings is 2. The molecule has 1 aromatic rings.